The number of carbonyl (C=O) groups is 3. The monoisotopic (exact) mass is 401 g/mol. The molecule has 0 spiro atoms. The lowest BCUT2D eigenvalue weighted by Gasteiger charge is -2.32. The van der Waals surface area contributed by atoms with Crippen molar-refractivity contribution in [1.29, 1.82) is 5.26 Å². The van der Waals surface area contributed by atoms with E-state index in [2.05, 4.69) is 11.4 Å². The van der Waals surface area contributed by atoms with Crippen molar-refractivity contribution in [1.82, 2.24) is 4.90 Å². The molecular weight excluding hydrogens is 374 g/mol. The molecule has 1 N–H and O–H groups in total. The molecule has 156 valence electrons. The zero-order chi connectivity index (χ0) is 21.4. The number of hydrogen-bond donors (Lipinski definition) is 1. The number of anilines is 1. The third kappa shape index (κ3) is 7.45. The van der Waals surface area contributed by atoms with Gasteiger partial charge in [0.15, 0.2) is 6.61 Å². The predicted octanol–water partition coefficient (Wildman–Crippen LogP) is 2.88. The van der Waals surface area contributed by atoms with E-state index in [-0.39, 0.29) is 18.6 Å². The molecule has 8 heteroatoms. The smallest absolute Gasteiger partial charge is 0.410 e. The number of nitrogens with one attached hydrogen (secondary N) is 1. The number of rotatable bonds is 5. The van der Waals surface area contributed by atoms with E-state index in [1.165, 1.54) is 0 Å². The van der Waals surface area contributed by atoms with Gasteiger partial charge in [0, 0.05) is 18.8 Å². The Labute approximate surface area is 170 Å². The van der Waals surface area contributed by atoms with Crippen molar-refractivity contribution in [2.45, 2.75) is 45.6 Å². The predicted molar refractivity (Wildman–Crippen MR) is 106 cm³/mol. The summed E-state index contributed by atoms with van der Waals surface area (Å²) < 4.78 is 10.5. The molecule has 0 radical (unpaired) electrons. The lowest BCUT2D eigenvalue weighted by Crippen LogP contribution is -2.43. The molecule has 1 fully saturated rings. The Morgan fingerprint density at radius 2 is 1.79 bits per heavy atom. The molecule has 1 aromatic carbocycles. The number of likely N-dealkylation sites (tertiary alicyclic amines) is 1. The molecule has 2 amide bonds. The number of nitriles is 1. The Kier molecular flexibility index (Phi) is 7.59. The Hall–Kier alpha value is -3.08. The lowest BCUT2D eigenvalue weighted by atomic mass is 9.97. The van der Waals surface area contributed by atoms with Crippen LogP contribution < -0.4 is 5.32 Å². The molecule has 0 aliphatic carbocycles. The molecule has 2 rings (SSSR count). The van der Waals surface area contributed by atoms with Crippen molar-refractivity contribution < 1.29 is 23.9 Å². The normalized spacial score (nSPS) is 14.6. The van der Waals surface area contributed by atoms with E-state index in [1.807, 2.05) is 0 Å². The van der Waals surface area contributed by atoms with Gasteiger partial charge in [0.2, 0.25) is 0 Å². The summed E-state index contributed by atoms with van der Waals surface area (Å²) in [5.41, 5.74) is 0.865. The van der Waals surface area contributed by atoms with Crippen molar-refractivity contribution in [2.24, 2.45) is 5.92 Å². The van der Waals surface area contributed by atoms with Crippen LogP contribution in [0.5, 0.6) is 0 Å². The van der Waals surface area contributed by atoms with Crippen LogP contribution in [-0.2, 0) is 25.5 Å². The van der Waals surface area contributed by atoms with Crippen LogP contribution in [0.25, 0.3) is 0 Å². The molecule has 0 bridgehead atoms. The number of esters is 1. The second kappa shape index (κ2) is 9.92. The van der Waals surface area contributed by atoms with Gasteiger partial charge in [-0.15, -0.1) is 0 Å². The maximum absolute atomic E-state index is 12.2. The van der Waals surface area contributed by atoms with Crippen LogP contribution in [0.15, 0.2) is 24.3 Å². The van der Waals surface area contributed by atoms with Crippen LogP contribution in [0, 0.1) is 17.2 Å². The van der Waals surface area contributed by atoms with Gasteiger partial charge in [-0.25, -0.2) is 4.79 Å². The summed E-state index contributed by atoms with van der Waals surface area (Å²) in [6.45, 7) is 5.87. The van der Waals surface area contributed by atoms with Crippen LogP contribution in [0.2, 0.25) is 0 Å². The minimum absolute atomic E-state index is 0.304. The van der Waals surface area contributed by atoms with Gasteiger partial charge < -0.3 is 19.7 Å². The number of piperidine rings is 1. The standard InChI is InChI=1S/C21H27N3O5/c1-21(2,3)29-20(27)24-12-9-16(10-13-24)19(26)28-14-18(25)23-17-6-4-15(5-7-17)8-11-22/h4-7,16H,8-10,12-14H2,1-3H3,(H,23,25). The number of amides is 2. The quantitative estimate of drug-likeness (QED) is 0.760. The summed E-state index contributed by atoms with van der Waals surface area (Å²) in [7, 11) is 0. The van der Waals surface area contributed by atoms with E-state index in [1.54, 1.807) is 49.9 Å². The first-order valence-corrected chi connectivity index (χ1v) is 9.58. The van der Waals surface area contributed by atoms with Crippen molar-refractivity contribution in [2.75, 3.05) is 25.0 Å². The molecule has 1 saturated heterocycles. The van der Waals surface area contributed by atoms with Gasteiger partial charge in [0.05, 0.1) is 18.4 Å². The van der Waals surface area contributed by atoms with Gasteiger partial charge in [-0.3, -0.25) is 9.59 Å². The molecule has 8 nitrogen and oxygen atoms in total. The Balaban J connectivity index is 1.72. The summed E-state index contributed by atoms with van der Waals surface area (Å²) in [4.78, 5) is 37.8. The summed E-state index contributed by atoms with van der Waals surface area (Å²) in [6.07, 6.45) is 0.864. The van der Waals surface area contributed by atoms with Crippen LogP contribution in [-0.4, -0.2) is 48.2 Å². The van der Waals surface area contributed by atoms with Gasteiger partial charge in [-0.05, 0) is 51.3 Å². The minimum atomic E-state index is -0.559. The van der Waals surface area contributed by atoms with Crippen LogP contribution in [0.1, 0.15) is 39.2 Å². The summed E-state index contributed by atoms with van der Waals surface area (Å²) in [6, 6.07) is 8.95. The van der Waals surface area contributed by atoms with Gasteiger partial charge in [0.25, 0.3) is 5.91 Å². The Morgan fingerprint density at radius 1 is 1.17 bits per heavy atom. The number of ether oxygens (including phenoxy) is 2. The zero-order valence-electron chi connectivity index (χ0n) is 17.1. The van der Waals surface area contributed by atoms with E-state index >= 15 is 0 Å². The van der Waals surface area contributed by atoms with Crippen molar-refractivity contribution in [3.63, 3.8) is 0 Å². The van der Waals surface area contributed by atoms with E-state index in [9.17, 15) is 14.4 Å². The van der Waals surface area contributed by atoms with Crippen molar-refractivity contribution >= 4 is 23.7 Å². The molecule has 1 aliphatic heterocycles. The molecule has 1 aromatic rings. The Bertz CT molecular complexity index is 769. The highest BCUT2D eigenvalue weighted by atomic mass is 16.6. The highest BCUT2D eigenvalue weighted by Gasteiger charge is 2.30. The summed E-state index contributed by atoms with van der Waals surface area (Å²) in [5, 5.41) is 11.3. The van der Waals surface area contributed by atoms with Gasteiger partial charge in [-0.1, -0.05) is 12.1 Å². The number of hydrogen-bond acceptors (Lipinski definition) is 6. The number of benzene rings is 1. The SMILES string of the molecule is CC(C)(C)OC(=O)N1CCC(C(=O)OCC(=O)Nc2ccc(CC#N)cc2)CC1. The average Bonchev–Trinajstić information content (AvgIpc) is 2.66. The maximum atomic E-state index is 12.2. The van der Waals surface area contributed by atoms with E-state index in [0.717, 1.165) is 5.56 Å². The lowest BCUT2D eigenvalue weighted by molar-refractivity contribution is -0.153. The van der Waals surface area contributed by atoms with E-state index in [0.29, 0.717) is 38.0 Å². The highest BCUT2D eigenvalue weighted by Crippen LogP contribution is 2.21. The Morgan fingerprint density at radius 3 is 2.34 bits per heavy atom. The highest BCUT2D eigenvalue weighted by molar-refractivity contribution is 5.92. The van der Waals surface area contributed by atoms with Gasteiger partial charge in [-0.2, -0.15) is 5.26 Å². The molecule has 0 unspecified atom stereocenters. The summed E-state index contributed by atoms with van der Waals surface area (Å²) in [5.74, 6) is -1.21. The topological polar surface area (TPSA) is 109 Å². The van der Waals surface area contributed by atoms with Gasteiger partial charge in [0.1, 0.15) is 5.60 Å². The molecular formula is C21H27N3O5. The number of carbonyl (C=O) groups excluding carboxylic acids is 3. The second-order valence-electron chi connectivity index (χ2n) is 7.93. The largest absolute Gasteiger partial charge is 0.455 e. The first-order chi connectivity index (χ1) is 13.7. The molecule has 0 saturated carbocycles. The van der Waals surface area contributed by atoms with Crippen molar-refractivity contribution in [3.8, 4) is 6.07 Å². The molecule has 29 heavy (non-hydrogen) atoms. The third-order valence-electron chi connectivity index (χ3n) is 4.35. The fourth-order valence-electron chi connectivity index (χ4n) is 2.87. The van der Waals surface area contributed by atoms with E-state index in [4.69, 9.17) is 14.7 Å². The summed E-state index contributed by atoms with van der Waals surface area (Å²) >= 11 is 0. The average molecular weight is 401 g/mol. The van der Waals surface area contributed by atoms with Gasteiger partial charge >= 0.3 is 12.1 Å². The van der Waals surface area contributed by atoms with Crippen LogP contribution in [0.3, 0.4) is 0 Å². The van der Waals surface area contributed by atoms with Crippen LogP contribution in [0.4, 0.5) is 10.5 Å². The fraction of sp³-hybridized carbons (Fsp3) is 0.524. The minimum Gasteiger partial charge on any atom is -0.455 e. The fourth-order valence-corrected chi connectivity index (χ4v) is 2.87. The first-order valence-electron chi connectivity index (χ1n) is 9.58. The molecule has 0 aromatic heterocycles. The maximum Gasteiger partial charge on any atom is 0.410 e. The molecule has 1 heterocycles. The third-order valence-corrected chi connectivity index (χ3v) is 4.35. The molecule has 0 atom stereocenters. The zero-order valence-corrected chi connectivity index (χ0v) is 17.1. The first kappa shape index (κ1) is 22.2. The van der Waals surface area contributed by atoms with Crippen molar-refractivity contribution in [3.05, 3.63) is 29.8 Å². The van der Waals surface area contributed by atoms with E-state index < -0.39 is 17.5 Å². The second-order valence-corrected chi connectivity index (χ2v) is 7.93. The molecule has 1 aliphatic rings. The number of nitrogens with zero attached hydrogens (tertiary/aromatic N) is 2. The van der Waals surface area contributed by atoms with Crippen LogP contribution >= 0.6 is 0 Å².